The standard InChI is InChI=1S/C59H58N2/c1-7-40-35-39(3)36-41(8-2)55(40)60-57-48-33-21-31-46-32-22-34-49(54(46)48)58(57)61-56-50(52(42-23-13-9-14-24-42)43-25-15-10-16-26-43)37-47(59(4,5)6)38-51(56)53(44-27-17-11-18-28-44)45-29-19-12-20-30-45/h9-38,52-53,57-58,60-61H,7-8H2,1-6H3. The zero-order chi connectivity index (χ0) is 42.1. The van der Waals surface area contributed by atoms with Gasteiger partial charge in [-0.3, -0.25) is 0 Å². The molecule has 1 aliphatic carbocycles. The van der Waals surface area contributed by atoms with Crippen molar-refractivity contribution in [2.75, 3.05) is 10.6 Å². The summed E-state index contributed by atoms with van der Waals surface area (Å²) >= 11 is 0. The van der Waals surface area contributed by atoms with Gasteiger partial charge >= 0.3 is 0 Å². The Bertz CT molecular complexity index is 2550. The molecule has 61 heavy (non-hydrogen) atoms. The van der Waals surface area contributed by atoms with Gasteiger partial charge in [-0.05, 0) is 97.2 Å². The van der Waals surface area contributed by atoms with E-state index < -0.39 is 0 Å². The summed E-state index contributed by atoms with van der Waals surface area (Å²) in [6.07, 6.45) is 1.93. The number of benzene rings is 8. The van der Waals surface area contributed by atoms with Gasteiger partial charge in [0.1, 0.15) is 0 Å². The number of hydrogen-bond acceptors (Lipinski definition) is 2. The SMILES string of the molecule is CCc1cc(C)cc(CC)c1NC1c2cccc3cccc(c23)C1Nc1c(C(c2ccccc2)c2ccccc2)cc(C(C)(C)C)cc1C(c1ccccc1)c1ccccc1. The van der Waals surface area contributed by atoms with Crippen molar-refractivity contribution in [1.82, 2.24) is 0 Å². The predicted molar refractivity (Wildman–Crippen MR) is 259 cm³/mol. The second kappa shape index (κ2) is 16.9. The molecule has 0 saturated carbocycles. The van der Waals surface area contributed by atoms with E-state index in [1.54, 1.807) is 0 Å². The second-order valence-electron chi connectivity index (χ2n) is 18.0. The Balaban J connectivity index is 1.36. The van der Waals surface area contributed by atoms with Gasteiger partial charge in [0.15, 0.2) is 0 Å². The van der Waals surface area contributed by atoms with E-state index in [1.807, 2.05) is 0 Å². The third-order valence-corrected chi connectivity index (χ3v) is 13.0. The summed E-state index contributed by atoms with van der Waals surface area (Å²) in [6, 6.07) is 68.0. The molecule has 1 aliphatic rings. The molecule has 2 atom stereocenters. The van der Waals surface area contributed by atoms with Crippen LogP contribution in [0.3, 0.4) is 0 Å². The fraction of sp³-hybridized carbons (Fsp3) is 0.220. The van der Waals surface area contributed by atoms with Crippen molar-refractivity contribution in [2.45, 2.75) is 83.7 Å². The van der Waals surface area contributed by atoms with Gasteiger partial charge < -0.3 is 10.6 Å². The zero-order valence-electron chi connectivity index (χ0n) is 36.5. The Morgan fingerprint density at radius 1 is 0.459 bits per heavy atom. The summed E-state index contributed by atoms with van der Waals surface area (Å²) < 4.78 is 0. The molecule has 8 aromatic carbocycles. The highest BCUT2D eigenvalue weighted by Gasteiger charge is 2.38. The van der Waals surface area contributed by atoms with Crippen molar-refractivity contribution in [3.05, 3.63) is 249 Å². The molecule has 0 heterocycles. The topological polar surface area (TPSA) is 24.1 Å². The quantitative estimate of drug-likeness (QED) is 0.120. The Hall–Kier alpha value is -6.38. The molecule has 8 aromatic rings. The molecule has 0 bridgehead atoms. The van der Waals surface area contributed by atoms with Crippen molar-refractivity contribution >= 4 is 22.1 Å². The summed E-state index contributed by atoms with van der Waals surface area (Å²) in [5.41, 5.74) is 18.1. The van der Waals surface area contributed by atoms with Gasteiger partial charge in [0.25, 0.3) is 0 Å². The highest BCUT2D eigenvalue weighted by Crippen LogP contribution is 2.52. The van der Waals surface area contributed by atoms with E-state index in [1.165, 1.54) is 88.9 Å². The molecular formula is C59H58N2. The van der Waals surface area contributed by atoms with E-state index in [2.05, 4.69) is 234 Å². The second-order valence-corrected chi connectivity index (χ2v) is 18.0. The van der Waals surface area contributed by atoms with Crippen molar-refractivity contribution in [1.29, 1.82) is 0 Å². The highest BCUT2D eigenvalue weighted by molar-refractivity contribution is 5.93. The summed E-state index contributed by atoms with van der Waals surface area (Å²) in [5, 5.41) is 11.4. The van der Waals surface area contributed by atoms with Crippen LogP contribution in [0.4, 0.5) is 11.4 Å². The zero-order valence-corrected chi connectivity index (χ0v) is 36.5. The maximum atomic E-state index is 4.50. The van der Waals surface area contributed by atoms with E-state index in [9.17, 15) is 0 Å². The summed E-state index contributed by atoms with van der Waals surface area (Å²) in [6.45, 7) is 13.9. The van der Waals surface area contributed by atoms with Gasteiger partial charge in [0.2, 0.25) is 0 Å². The van der Waals surface area contributed by atoms with Crippen LogP contribution in [0.15, 0.2) is 182 Å². The number of aryl methyl sites for hydroxylation is 3. The minimum atomic E-state index is -0.115. The molecule has 9 rings (SSSR count). The molecule has 2 unspecified atom stereocenters. The Kier molecular flexibility index (Phi) is 11.1. The van der Waals surface area contributed by atoms with E-state index in [0.717, 1.165) is 12.8 Å². The number of nitrogens with one attached hydrogen (secondary N) is 2. The summed E-state index contributed by atoms with van der Waals surface area (Å²) in [5.74, 6) is -0.0563. The molecule has 0 aliphatic heterocycles. The molecule has 0 amide bonds. The largest absolute Gasteiger partial charge is 0.375 e. The normalized spacial score (nSPS) is 14.8. The molecule has 2 heteroatoms. The Labute approximate surface area is 363 Å². The average molecular weight is 795 g/mol. The monoisotopic (exact) mass is 794 g/mol. The van der Waals surface area contributed by atoms with Gasteiger partial charge in [-0.25, -0.2) is 0 Å². The van der Waals surface area contributed by atoms with Crippen molar-refractivity contribution < 1.29 is 0 Å². The fourth-order valence-corrected chi connectivity index (χ4v) is 10.0. The lowest BCUT2D eigenvalue weighted by Crippen LogP contribution is -2.25. The Morgan fingerprint density at radius 3 is 1.20 bits per heavy atom. The molecular weight excluding hydrogens is 737 g/mol. The minimum absolute atomic E-state index is 0.0267. The van der Waals surface area contributed by atoms with Gasteiger partial charge in [-0.15, -0.1) is 0 Å². The van der Waals surface area contributed by atoms with Crippen LogP contribution < -0.4 is 10.6 Å². The lowest BCUT2D eigenvalue weighted by Gasteiger charge is -2.35. The van der Waals surface area contributed by atoms with E-state index in [0.29, 0.717) is 0 Å². The van der Waals surface area contributed by atoms with Crippen LogP contribution in [-0.4, -0.2) is 0 Å². The van der Waals surface area contributed by atoms with Crippen LogP contribution in [0.5, 0.6) is 0 Å². The van der Waals surface area contributed by atoms with Gasteiger partial charge in [0.05, 0.1) is 12.1 Å². The molecule has 0 radical (unpaired) electrons. The molecule has 0 fully saturated rings. The minimum Gasteiger partial charge on any atom is -0.375 e. The van der Waals surface area contributed by atoms with E-state index in [-0.39, 0.29) is 29.3 Å². The highest BCUT2D eigenvalue weighted by atomic mass is 15.0. The maximum absolute atomic E-state index is 4.50. The number of hydrogen-bond donors (Lipinski definition) is 2. The van der Waals surface area contributed by atoms with Crippen molar-refractivity contribution in [3.63, 3.8) is 0 Å². The lowest BCUT2D eigenvalue weighted by molar-refractivity contribution is 0.587. The van der Waals surface area contributed by atoms with Gasteiger partial charge in [-0.1, -0.05) is 222 Å². The summed E-state index contributed by atoms with van der Waals surface area (Å²) in [4.78, 5) is 0. The first-order valence-electron chi connectivity index (χ1n) is 22.3. The molecule has 304 valence electrons. The molecule has 0 aromatic heterocycles. The van der Waals surface area contributed by atoms with Gasteiger partial charge in [0, 0.05) is 23.2 Å². The first kappa shape index (κ1) is 40.0. The van der Waals surface area contributed by atoms with E-state index in [4.69, 9.17) is 0 Å². The predicted octanol–water partition coefficient (Wildman–Crippen LogP) is 15.3. The van der Waals surface area contributed by atoms with Crippen LogP contribution >= 0.6 is 0 Å². The molecule has 2 N–H and O–H groups in total. The fourth-order valence-electron chi connectivity index (χ4n) is 10.0. The van der Waals surface area contributed by atoms with Gasteiger partial charge in [-0.2, -0.15) is 0 Å². The maximum Gasteiger partial charge on any atom is 0.0763 e. The average Bonchev–Trinajstić information content (AvgIpc) is 3.58. The first-order valence-corrected chi connectivity index (χ1v) is 22.3. The number of rotatable bonds is 12. The van der Waals surface area contributed by atoms with Crippen molar-refractivity contribution in [3.8, 4) is 0 Å². The van der Waals surface area contributed by atoms with Crippen molar-refractivity contribution in [2.24, 2.45) is 0 Å². The molecule has 0 saturated heterocycles. The van der Waals surface area contributed by atoms with Crippen LogP contribution in [0.1, 0.15) is 125 Å². The molecule has 2 nitrogen and oxygen atoms in total. The third kappa shape index (κ3) is 7.77. The van der Waals surface area contributed by atoms with Crippen LogP contribution in [-0.2, 0) is 18.3 Å². The summed E-state index contributed by atoms with van der Waals surface area (Å²) in [7, 11) is 0. The third-order valence-electron chi connectivity index (χ3n) is 13.0. The van der Waals surface area contributed by atoms with Crippen LogP contribution in [0.2, 0.25) is 0 Å². The van der Waals surface area contributed by atoms with E-state index >= 15 is 0 Å². The Morgan fingerprint density at radius 2 is 0.836 bits per heavy atom. The van der Waals surface area contributed by atoms with Crippen LogP contribution in [0, 0.1) is 6.92 Å². The lowest BCUT2D eigenvalue weighted by atomic mass is 9.74. The first-order chi connectivity index (χ1) is 29.7. The van der Waals surface area contributed by atoms with Crippen LogP contribution in [0.25, 0.3) is 10.8 Å². The number of anilines is 2. The smallest absolute Gasteiger partial charge is 0.0763 e. The molecule has 0 spiro atoms.